The minimum absolute atomic E-state index is 0.221. The van der Waals surface area contributed by atoms with Gasteiger partial charge in [-0.2, -0.15) is 0 Å². The summed E-state index contributed by atoms with van der Waals surface area (Å²) in [7, 11) is -4.74. The first-order valence-electron chi connectivity index (χ1n) is 12.5. The number of aliphatic hydroxyl groups excluding tert-OH is 1. The highest BCUT2D eigenvalue weighted by atomic mass is 31.2. The van der Waals surface area contributed by atoms with E-state index in [1.807, 2.05) is 0 Å². The van der Waals surface area contributed by atoms with E-state index in [2.05, 4.69) is 10.2 Å². The molecule has 0 spiro atoms. The van der Waals surface area contributed by atoms with Crippen molar-refractivity contribution in [3.63, 3.8) is 0 Å². The summed E-state index contributed by atoms with van der Waals surface area (Å²) in [6.45, 7) is 6.99. The third-order valence-electron chi connectivity index (χ3n) is 5.79. The molecule has 2 heterocycles. The van der Waals surface area contributed by atoms with Crippen LogP contribution in [0.1, 0.15) is 48.0 Å². The van der Waals surface area contributed by atoms with Crippen LogP contribution >= 0.6 is 7.67 Å². The van der Waals surface area contributed by atoms with E-state index in [0.717, 1.165) is 0 Å². The number of ketones is 1. The molecule has 0 unspecified atom stereocenters. The maximum atomic E-state index is 15.1. The number of allylic oxidation sites excluding steroid dienone is 1. The minimum atomic E-state index is -4.74. The molecule has 0 aromatic rings. The van der Waals surface area contributed by atoms with Crippen molar-refractivity contribution in [2.75, 3.05) is 6.61 Å². The van der Waals surface area contributed by atoms with Crippen molar-refractivity contribution in [1.29, 1.82) is 0 Å². The Hall–Kier alpha value is -2.43. The Balaban J connectivity index is 2.37. The van der Waals surface area contributed by atoms with Crippen LogP contribution in [0.4, 0.5) is 17.6 Å². The number of carbonyl (C=O) groups is 4. The molecule has 2 aliphatic rings. The van der Waals surface area contributed by atoms with Gasteiger partial charge in [-0.3, -0.25) is 28.6 Å². The molecule has 2 rings (SSSR count). The molecule has 234 valence electrons. The minimum Gasteiger partial charge on any atom is -0.462 e. The number of carbonyl (C=O) groups excluding carboxylic acids is 4. The van der Waals surface area contributed by atoms with E-state index in [9.17, 15) is 42.0 Å². The smallest absolute Gasteiger partial charge is 0.342 e. The number of halogens is 4. The van der Waals surface area contributed by atoms with E-state index in [-0.39, 0.29) is 11.1 Å². The van der Waals surface area contributed by atoms with Crippen LogP contribution in [0.2, 0.25) is 0 Å². The second-order valence-electron chi connectivity index (χ2n) is 10.0. The monoisotopic (exact) mass is 619 g/mol. The number of aliphatic hydroxyl groups is 1. The fourth-order valence-corrected chi connectivity index (χ4v) is 5.58. The number of ether oxygens (including phenoxy) is 3. The lowest BCUT2D eigenvalue weighted by molar-refractivity contribution is -0.199. The predicted molar refractivity (Wildman–Crippen MR) is 131 cm³/mol. The lowest BCUT2D eigenvalue weighted by Crippen LogP contribution is -2.53. The summed E-state index contributed by atoms with van der Waals surface area (Å²) < 4.78 is 91.7. The molecular weight excluding hydrogens is 585 g/mol. The highest BCUT2D eigenvalue weighted by molar-refractivity contribution is 7.54. The number of esters is 2. The summed E-state index contributed by atoms with van der Waals surface area (Å²) in [5.74, 6) is -5.74. The van der Waals surface area contributed by atoms with Gasteiger partial charge in [-0.15, -0.1) is 0 Å². The molecule has 0 aromatic carbocycles. The zero-order chi connectivity index (χ0) is 31.4. The number of alkyl halides is 3. The standard InChI is InChI=1S/C23H34F4N3O10P/c1-10(2)38-20(34)12(5)28-41(36,29-13(6)21(35)39-11(3)4)37-9-23(22(26)27)18(33)17(25)19(40-23)30-8-14(24)15(31)7-16(30)32/h8,10-13,17-19,22,33H,7,9H2,1-6H3,(H2,28,29,36)/t12-,13-,17-,18-,19+,23+/m0/s1. The molecular formula is C23H34F4N3O10P. The van der Waals surface area contributed by atoms with Crippen LogP contribution in [0.15, 0.2) is 12.0 Å². The van der Waals surface area contributed by atoms with E-state index in [0.29, 0.717) is 0 Å². The molecule has 0 saturated carbocycles. The number of nitrogens with one attached hydrogen (secondary N) is 2. The molecule has 6 atom stereocenters. The summed E-state index contributed by atoms with van der Waals surface area (Å²) in [5.41, 5.74) is -3.28. The van der Waals surface area contributed by atoms with Crippen LogP contribution in [0.5, 0.6) is 0 Å². The zero-order valence-electron chi connectivity index (χ0n) is 23.1. The van der Waals surface area contributed by atoms with Crippen molar-refractivity contribution in [1.82, 2.24) is 15.1 Å². The van der Waals surface area contributed by atoms with Crippen molar-refractivity contribution >= 4 is 31.3 Å². The van der Waals surface area contributed by atoms with Gasteiger partial charge in [0.1, 0.15) is 18.2 Å². The molecule has 1 amide bonds. The molecule has 3 N–H and O–H groups in total. The number of hydrogen-bond donors (Lipinski definition) is 3. The largest absolute Gasteiger partial charge is 0.462 e. The number of Topliss-reactive ketones (excluding diaryl/α,β-unsaturated/α-hetero) is 1. The van der Waals surface area contributed by atoms with Crippen LogP contribution in [0, 0.1) is 0 Å². The van der Waals surface area contributed by atoms with E-state index >= 15 is 4.39 Å². The fourth-order valence-electron chi connectivity index (χ4n) is 3.74. The summed E-state index contributed by atoms with van der Waals surface area (Å²) in [5, 5.41) is 14.9. The van der Waals surface area contributed by atoms with Crippen molar-refractivity contribution in [2.45, 2.75) is 103 Å². The summed E-state index contributed by atoms with van der Waals surface area (Å²) >= 11 is 0. The van der Waals surface area contributed by atoms with Crippen LogP contribution in [0.25, 0.3) is 0 Å². The average Bonchev–Trinajstić information content (AvgIpc) is 3.10. The maximum Gasteiger partial charge on any atom is 0.342 e. The molecule has 0 aromatic heterocycles. The predicted octanol–water partition coefficient (Wildman–Crippen LogP) is 1.64. The Morgan fingerprint density at radius 2 is 1.59 bits per heavy atom. The van der Waals surface area contributed by atoms with E-state index < -0.39 is 105 Å². The molecule has 13 nitrogen and oxygen atoms in total. The zero-order valence-corrected chi connectivity index (χ0v) is 24.0. The molecule has 18 heteroatoms. The van der Waals surface area contributed by atoms with Gasteiger partial charge in [0.15, 0.2) is 23.8 Å². The lowest BCUT2D eigenvalue weighted by Gasteiger charge is -2.34. The van der Waals surface area contributed by atoms with E-state index in [4.69, 9.17) is 18.7 Å². The van der Waals surface area contributed by atoms with Crippen LogP contribution in [-0.4, -0.2) is 95.1 Å². The van der Waals surface area contributed by atoms with Crippen molar-refractivity contribution < 1.29 is 65.1 Å². The Kier molecular flexibility index (Phi) is 11.6. The molecule has 41 heavy (non-hydrogen) atoms. The second kappa shape index (κ2) is 13.7. The third-order valence-corrected chi connectivity index (χ3v) is 7.73. The van der Waals surface area contributed by atoms with Gasteiger partial charge in [0.05, 0.1) is 25.2 Å². The molecule has 2 aliphatic heterocycles. The van der Waals surface area contributed by atoms with E-state index in [1.54, 1.807) is 0 Å². The highest BCUT2D eigenvalue weighted by Gasteiger charge is 2.63. The van der Waals surface area contributed by atoms with Gasteiger partial charge in [-0.25, -0.2) is 27.7 Å². The van der Waals surface area contributed by atoms with Crippen molar-refractivity contribution in [3.05, 3.63) is 12.0 Å². The van der Waals surface area contributed by atoms with Gasteiger partial charge in [-0.1, -0.05) is 0 Å². The fraction of sp³-hybridized carbons (Fsp3) is 0.739. The van der Waals surface area contributed by atoms with Gasteiger partial charge in [0.25, 0.3) is 6.43 Å². The first-order valence-corrected chi connectivity index (χ1v) is 14.2. The number of nitrogens with zero attached hydrogens (tertiary/aromatic N) is 1. The van der Waals surface area contributed by atoms with Gasteiger partial charge in [0.2, 0.25) is 11.7 Å². The molecule has 0 radical (unpaired) electrons. The van der Waals surface area contributed by atoms with Gasteiger partial charge < -0.3 is 23.8 Å². The topological polar surface area (TPSA) is 170 Å². The summed E-state index contributed by atoms with van der Waals surface area (Å²) in [6, 6.07) is -2.81. The Morgan fingerprint density at radius 1 is 1.10 bits per heavy atom. The summed E-state index contributed by atoms with van der Waals surface area (Å²) in [4.78, 5) is 48.5. The Bertz CT molecular complexity index is 1060. The normalized spacial score (nSPS) is 26.9. The van der Waals surface area contributed by atoms with Crippen molar-refractivity contribution in [3.8, 4) is 0 Å². The SMILES string of the molecule is CC(C)OC(=O)[C@H](C)NP(=O)(N[C@@H](C)C(=O)OC(C)C)OC[C@@]1(C(F)F)O[C@@H](N2C=C(F)C(=O)CC2=O)[C@@H](F)[C@@H]1O. The third kappa shape index (κ3) is 8.32. The van der Waals surface area contributed by atoms with Gasteiger partial charge >= 0.3 is 19.6 Å². The van der Waals surface area contributed by atoms with Crippen LogP contribution < -0.4 is 10.2 Å². The maximum absolute atomic E-state index is 15.1. The van der Waals surface area contributed by atoms with Crippen molar-refractivity contribution in [2.24, 2.45) is 0 Å². The molecule has 0 bridgehead atoms. The molecule has 0 aliphatic carbocycles. The first-order chi connectivity index (χ1) is 18.8. The highest BCUT2D eigenvalue weighted by Crippen LogP contribution is 2.46. The Labute approximate surface area is 233 Å². The quantitative estimate of drug-likeness (QED) is 0.118. The molecule has 1 fully saturated rings. The van der Waals surface area contributed by atoms with Crippen LogP contribution in [-0.2, 0) is 42.5 Å². The first kappa shape index (κ1) is 34.8. The number of amides is 1. The Morgan fingerprint density at radius 3 is 2.02 bits per heavy atom. The average molecular weight is 620 g/mol. The van der Waals surface area contributed by atoms with Gasteiger partial charge in [0, 0.05) is 6.20 Å². The van der Waals surface area contributed by atoms with Crippen LogP contribution in [0.3, 0.4) is 0 Å². The van der Waals surface area contributed by atoms with Gasteiger partial charge in [-0.05, 0) is 41.5 Å². The molecule has 1 saturated heterocycles. The summed E-state index contributed by atoms with van der Waals surface area (Å²) in [6.07, 6.45) is -13.5. The van der Waals surface area contributed by atoms with E-state index in [1.165, 1.54) is 41.5 Å². The lowest BCUT2D eigenvalue weighted by atomic mass is 9.97. The number of rotatable bonds is 13. The number of hydrogen-bond acceptors (Lipinski definition) is 10. The second-order valence-corrected chi connectivity index (χ2v) is 11.9.